The number of carbonyl (C=O) groups excluding carboxylic acids is 1. The van der Waals surface area contributed by atoms with Gasteiger partial charge in [0.25, 0.3) is 5.91 Å². The molecular formula is C12H13N5O. The van der Waals surface area contributed by atoms with Gasteiger partial charge in [0.15, 0.2) is 0 Å². The first-order chi connectivity index (χ1) is 8.66. The third-order valence-corrected chi connectivity index (χ3v) is 2.34. The molecule has 1 amide bonds. The van der Waals surface area contributed by atoms with Gasteiger partial charge in [-0.3, -0.25) is 14.8 Å². The quantitative estimate of drug-likeness (QED) is 0.831. The Morgan fingerprint density at radius 2 is 2.17 bits per heavy atom. The first kappa shape index (κ1) is 12.0. The van der Waals surface area contributed by atoms with Crippen LogP contribution in [0.5, 0.6) is 0 Å². The third-order valence-electron chi connectivity index (χ3n) is 2.34. The number of rotatable bonds is 4. The number of nitrogens with two attached hydrogens (primary N) is 1. The summed E-state index contributed by atoms with van der Waals surface area (Å²) >= 11 is 0. The molecule has 2 rings (SSSR count). The van der Waals surface area contributed by atoms with Crippen LogP contribution in [-0.2, 0) is 6.54 Å². The highest BCUT2D eigenvalue weighted by molar-refractivity contribution is 5.97. The van der Waals surface area contributed by atoms with E-state index in [9.17, 15) is 4.79 Å². The molecule has 0 aliphatic heterocycles. The van der Waals surface area contributed by atoms with E-state index in [1.54, 1.807) is 30.7 Å². The largest absolute Gasteiger partial charge is 0.365 e. The van der Waals surface area contributed by atoms with Gasteiger partial charge in [-0.1, -0.05) is 0 Å². The zero-order chi connectivity index (χ0) is 13.0. The van der Waals surface area contributed by atoms with Gasteiger partial charge in [-0.2, -0.15) is 0 Å². The highest BCUT2D eigenvalue weighted by Crippen LogP contribution is 2.11. The van der Waals surface area contributed by atoms with E-state index in [4.69, 9.17) is 5.73 Å². The average Bonchev–Trinajstić information content (AvgIpc) is 2.38. The second-order valence-corrected chi connectivity index (χ2v) is 3.77. The van der Waals surface area contributed by atoms with Crippen LogP contribution in [0, 0.1) is 6.92 Å². The van der Waals surface area contributed by atoms with Crippen LogP contribution in [0.4, 0.5) is 5.82 Å². The molecule has 92 valence electrons. The number of pyridine rings is 1. The van der Waals surface area contributed by atoms with Crippen molar-refractivity contribution < 1.29 is 4.79 Å². The average molecular weight is 243 g/mol. The fourth-order valence-corrected chi connectivity index (χ4v) is 1.43. The fraction of sp³-hybridized carbons (Fsp3) is 0.167. The maximum atomic E-state index is 11.2. The third kappa shape index (κ3) is 2.79. The Morgan fingerprint density at radius 3 is 2.83 bits per heavy atom. The van der Waals surface area contributed by atoms with E-state index in [0.717, 1.165) is 11.4 Å². The van der Waals surface area contributed by atoms with Crippen LogP contribution in [0.15, 0.2) is 30.7 Å². The second-order valence-electron chi connectivity index (χ2n) is 3.77. The Hall–Kier alpha value is -2.50. The summed E-state index contributed by atoms with van der Waals surface area (Å²) in [6.45, 7) is 2.30. The number of nitrogens with zero attached hydrogens (tertiary/aromatic N) is 3. The number of aryl methyl sites for hydroxylation is 1. The molecule has 0 bridgehead atoms. The molecule has 0 fully saturated rings. The molecule has 0 radical (unpaired) electrons. The van der Waals surface area contributed by atoms with Gasteiger partial charge in [0.05, 0.1) is 29.7 Å². The fourth-order valence-electron chi connectivity index (χ4n) is 1.43. The summed E-state index contributed by atoms with van der Waals surface area (Å²) in [6, 6.07) is 3.29. The molecule has 6 nitrogen and oxygen atoms in total. The molecule has 0 saturated carbocycles. The second kappa shape index (κ2) is 5.22. The predicted molar refractivity (Wildman–Crippen MR) is 66.9 cm³/mol. The van der Waals surface area contributed by atoms with Gasteiger partial charge in [0, 0.05) is 12.4 Å². The smallest absolute Gasteiger partial charge is 0.252 e. The summed E-state index contributed by atoms with van der Waals surface area (Å²) in [7, 11) is 0. The van der Waals surface area contributed by atoms with Crippen molar-refractivity contribution in [2.24, 2.45) is 5.73 Å². The predicted octanol–water partition coefficient (Wildman–Crippen LogP) is 0.891. The van der Waals surface area contributed by atoms with Crippen molar-refractivity contribution in [3.05, 3.63) is 47.7 Å². The van der Waals surface area contributed by atoms with Crippen molar-refractivity contribution in [2.75, 3.05) is 5.32 Å². The van der Waals surface area contributed by atoms with Gasteiger partial charge in [-0.05, 0) is 19.1 Å². The summed E-state index contributed by atoms with van der Waals surface area (Å²) in [6.07, 6.45) is 4.95. The Labute approximate surface area is 104 Å². The maximum Gasteiger partial charge on any atom is 0.252 e. The molecule has 18 heavy (non-hydrogen) atoms. The van der Waals surface area contributed by atoms with Crippen molar-refractivity contribution in [3.63, 3.8) is 0 Å². The van der Waals surface area contributed by atoms with Gasteiger partial charge in [-0.25, -0.2) is 4.98 Å². The van der Waals surface area contributed by atoms with E-state index >= 15 is 0 Å². The van der Waals surface area contributed by atoms with Crippen LogP contribution in [0.2, 0.25) is 0 Å². The molecule has 0 aliphatic carbocycles. The van der Waals surface area contributed by atoms with Crippen LogP contribution in [-0.4, -0.2) is 20.9 Å². The van der Waals surface area contributed by atoms with E-state index in [1.807, 2.05) is 6.92 Å². The van der Waals surface area contributed by atoms with Crippen molar-refractivity contribution in [1.82, 2.24) is 15.0 Å². The molecule has 2 heterocycles. The molecule has 2 aromatic rings. The first-order valence-electron chi connectivity index (χ1n) is 5.43. The van der Waals surface area contributed by atoms with Crippen LogP contribution < -0.4 is 11.1 Å². The minimum absolute atomic E-state index is 0.359. The highest BCUT2D eigenvalue weighted by atomic mass is 16.1. The number of anilines is 1. The van der Waals surface area contributed by atoms with E-state index in [1.165, 1.54) is 0 Å². The number of aromatic nitrogens is 3. The summed E-state index contributed by atoms with van der Waals surface area (Å²) in [4.78, 5) is 23.6. The summed E-state index contributed by atoms with van der Waals surface area (Å²) in [5.41, 5.74) is 7.24. The van der Waals surface area contributed by atoms with E-state index < -0.39 is 5.91 Å². The standard InChI is InChI=1S/C12H13N5O/c1-8-5-16-9(6-15-8)7-17-12-10(11(13)18)3-2-4-14-12/h2-6H,7H2,1H3,(H2,13,18)(H,14,17). The monoisotopic (exact) mass is 243 g/mol. The Kier molecular flexibility index (Phi) is 3.47. The summed E-state index contributed by atoms with van der Waals surface area (Å²) < 4.78 is 0. The van der Waals surface area contributed by atoms with Crippen molar-refractivity contribution in [1.29, 1.82) is 0 Å². The van der Waals surface area contributed by atoms with Gasteiger partial charge < -0.3 is 11.1 Å². The number of carbonyl (C=O) groups is 1. The first-order valence-corrected chi connectivity index (χ1v) is 5.43. The van der Waals surface area contributed by atoms with E-state index in [0.29, 0.717) is 17.9 Å². The highest BCUT2D eigenvalue weighted by Gasteiger charge is 2.08. The number of nitrogens with one attached hydrogen (secondary N) is 1. The van der Waals surface area contributed by atoms with Crippen LogP contribution >= 0.6 is 0 Å². The minimum Gasteiger partial charge on any atom is -0.365 e. The molecule has 0 saturated heterocycles. The van der Waals surface area contributed by atoms with Crippen molar-refractivity contribution in [2.45, 2.75) is 13.5 Å². The lowest BCUT2D eigenvalue weighted by atomic mass is 10.2. The number of amides is 1. The van der Waals surface area contributed by atoms with Gasteiger partial charge in [-0.15, -0.1) is 0 Å². The lowest BCUT2D eigenvalue weighted by Crippen LogP contribution is -2.15. The molecule has 6 heteroatoms. The molecule has 0 aromatic carbocycles. The Bertz CT molecular complexity index is 553. The van der Waals surface area contributed by atoms with Crippen LogP contribution in [0.1, 0.15) is 21.7 Å². The zero-order valence-corrected chi connectivity index (χ0v) is 9.92. The van der Waals surface area contributed by atoms with Crippen molar-refractivity contribution in [3.8, 4) is 0 Å². The Balaban J connectivity index is 2.10. The number of hydrogen-bond acceptors (Lipinski definition) is 5. The molecular weight excluding hydrogens is 230 g/mol. The molecule has 2 aromatic heterocycles. The zero-order valence-electron chi connectivity index (χ0n) is 9.92. The summed E-state index contributed by atoms with van der Waals surface area (Å²) in [5, 5.41) is 3.02. The van der Waals surface area contributed by atoms with Crippen LogP contribution in [0.3, 0.4) is 0 Å². The molecule has 0 spiro atoms. The normalized spacial score (nSPS) is 10.1. The topological polar surface area (TPSA) is 93.8 Å². The van der Waals surface area contributed by atoms with Gasteiger partial charge >= 0.3 is 0 Å². The molecule has 3 N–H and O–H groups in total. The number of primary amides is 1. The molecule has 0 atom stereocenters. The molecule has 0 aliphatic rings. The summed E-state index contributed by atoms with van der Waals surface area (Å²) in [5.74, 6) is -0.0621. The van der Waals surface area contributed by atoms with Crippen LogP contribution in [0.25, 0.3) is 0 Å². The van der Waals surface area contributed by atoms with E-state index in [2.05, 4.69) is 20.3 Å². The lowest BCUT2D eigenvalue weighted by Gasteiger charge is -2.07. The lowest BCUT2D eigenvalue weighted by molar-refractivity contribution is 0.100. The van der Waals surface area contributed by atoms with Gasteiger partial charge in [0.1, 0.15) is 5.82 Å². The maximum absolute atomic E-state index is 11.2. The molecule has 0 unspecified atom stereocenters. The van der Waals surface area contributed by atoms with Gasteiger partial charge in [0.2, 0.25) is 0 Å². The number of hydrogen-bond donors (Lipinski definition) is 2. The van der Waals surface area contributed by atoms with E-state index in [-0.39, 0.29) is 0 Å². The minimum atomic E-state index is -0.513. The SMILES string of the molecule is Cc1cnc(CNc2ncccc2C(N)=O)cn1. The van der Waals surface area contributed by atoms with Crippen molar-refractivity contribution >= 4 is 11.7 Å². The Morgan fingerprint density at radius 1 is 1.33 bits per heavy atom.